The zero-order valence-electron chi connectivity index (χ0n) is 22.1. The Labute approximate surface area is 224 Å². The number of nitrogens with zero attached hydrogens (tertiary/aromatic N) is 3. The monoisotopic (exact) mass is 522 g/mol. The van der Waals surface area contributed by atoms with Crippen molar-refractivity contribution in [3.63, 3.8) is 0 Å². The van der Waals surface area contributed by atoms with E-state index >= 15 is 0 Å². The van der Waals surface area contributed by atoms with Crippen LogP contribution < -0.4 is 10.2 Å². The molecule has 3 heterocycles. The predicted molar refractivity (Wildman–Crippen MR) is 145 cm³/mol. The number of pyridine rings is 1. The Kier molecular flexibility index (Phi) is 9.02. The molecular formula is C30H39FN4O3. The largest absolute Gasteiger partial charge is 0.378 e. The number of rotatable bonds is 8. The van der Waals surface area contributed by atoms with Crippen LogP contribution in [0, 0.1) is 17.7 Å². The van der Waals surface area contributed by atoms with E-state index < -0.39 is 0 Å². The second-order valence-electron chi connectivity index (χ2n) is 11.0. The van der Waals surface area contributed by atoms with Crippen LogP contribution in [-0.4, -0.2) is 73.6 Å². The number of amides is 1. The van der Waals surface area contributed by atoms with E-state index in [0.717, 1.165) is 90.1 Å². The minimum atomic E-state index is -0.306. The van der Waals surface area contributed by atoms with Crippen LogP contribution in [0.4, 0.5) is 10.1 Å². The van der Waals surface area contributed by atoms with Gasteiger partial charge in [-0.1, -0.05) is 0 Å². The molecular weight excluding hydrogens is 483 g/mol. The summed E-state index contributed by atoms with van der Waals surface area (Å²) in [5.74, 6) is 0.487. The van der Waals surface area contributed by atoms with Gasteiger partial charge < -0.3 is 19.9 Å². The number of ketones is 1. The highest BCUT2D eigenvalue weighted by Gasteiger charge is 2.27. The Bertz CT molecular complexity index is 1060. The van der Waals surface area contributed by atoms with E-state index in [0.29, 0.717) is 17.2 Å². The summed E-state index contributed by atoms with van der Waals surface area (Å²) in [7, 11) is 0. The molecule has 1 aromatic carbocycles. The highest BCUT2D eigenvalue weighted by Crippen LogP contribution is 2.29. The van der Waals surface area contributed by atoms with Crippen LogP contribution in [0.1, 0.15) is 65.8 Å². The summed E-state index contributed by atoms with van der Waals surface area (Å²) in [6.07, 6.45) is 8.99. The highest BCUT2D eigenvalue weighted by atomic mass is 19.1. The molecule has 3 aliphatic rings. The SMILES string of the molecule is O=C(NC1CCC(CCN2CCC(C(=O)c3ccc(F)cc3)CC2)CC1)c1ccc(N2CCOCC2)cn1. The number of aromatic nitrogens is 1. The van der Waals surface area contributed by atoms with Gasteiger partial charge in [-0.05, 0) is 107 Å². The molecule has 1 aliphatic carbocycles. The molecule has 38 heavy (non-hydrogen) atoms. The summed E-state index contributed by atoms with van der Waals surface area (Å²) in [6.45, 7) is 6.11. The van der Waals surface area contributed by atoms with E-state index in [1.165, 1.54) is 18.6 Å². The summed E-state index contributed by atoms with van der Waals surface area (Å²) < 4.78 is 18.6. The van der Waals surface area contributed by atoms with Gasteiger partial charge in [-0.15, -0.1) is 0 Å². The Morgan fingerprint density at radius 3 is 2.29 bits per heavy atom. The number of anilines is 1. The Balaban J connectivity index is 0.986. The number of halogens is 1. The van der Waals surface area contributed by atoms with E-state index in [2.05, 4.69) is 20.1 Å². The van der Waals surface area contributed by atoms with E-state index in [4.69, 9.17) is 4.74 Å². The molecule has 0 unspecified atom stereocenters. The summed E-state index contributed by atoms with van der Waals surface area (Å²) >= 11 is 0. The van der Waals surface area contributed by atoms with Crippen molar-refractivity contribution in [3.05, 3.63) is 59.7 Å². The third-order valence-corrected chi connectivity index (χ3v) is 8.48. The van der Waals surface area contributed by atoms with Crippen LogP contribution >= 0.6 is 0 Å². The fraction of sp³-hybridized carbons (Fsp3) is 0.567. The zero-order chi connectivity index (χ0) is 26.3. The quantitative estimate of drug-likeness (QED) is 0.520. The molecule has 2 aliphatic heterocycles. The van der Waals surface area contributed by atoms with Crippen molar-refractivity contribution in [1.29, 1.82) is 0 Å². The Morgan fingerprint density at radius 1 is 0.921 bits per heavy atom. The van der Waals surface area contributed by atoms with E-state index in [1.54, 1.807) is 18.3 Å². The number of benzene rings is 1. The lowest BCUT2D eigenvalue weighted by molar-refractivity contribution is 0.0832. The number of morpholine rings is 1. The van der Waals surface area contributed by atoms with Crippen molar-refractivity contribution in [3.8, 4) is 0 Å². The number of nitrogens with one attached hydrogen (secondary N) is 1. The second kappa shape index (κ2) is 12.8. The number of carbonyl (C=O) groups is 2. The van der Waals surface area contributed by atoms with Gasteiger partial charge in [-0.3, -0.25) is 9.59 Å². The first-order valence-electron chi connectivity index (χ1n) is 14.2. The lowest BCUT2D eigenvalue weighted by Gasteiger charge is -2.34. The summed E-state index contributed by atoms with van der Waals surface area (Å²) in [5.41, 5.74) is 2.13. The van der Waals surface area contributed by atoms with Gasteiger partial charge in [0.25, 0.3) is 5.91 Å². The average molecular weight is 523 g/mol. The maximum atomic E-state index is 13.2. The minimum absolute atomic E-state index is 0.0424. The van der Waals surface area contributed by atoms with Crippen LogP contribution in [0.3, 0.4) is 0 Å². The normalized spacial score (nSPS) is 23.2. The predicted octanol–water partition coefficient (Wildman–Crippen LogP) is 4.33. The first-order chi connectivity index (χ1) is 18.5. The number of hydrogen-bond donors (Lipinski definition) is 1. The highest BCUT2D eigenvalue weighted by molar-refractivity contribution is 5.97. The van der Waals surface area contributed by atoms with Gasteiger partial charge in [-0.25, -0.2) is 9.37 Å². The number of likely N-dealkylation sites (tertiary alicyclic amines) is 1. The third-order valence-electron chi connectivity index (χ3n) is 8.48. The number of hydrogen-bond acceptors (Lipinski definition) is 6. The maximum absolute atomic E-state index is 13.2. The molecule has 5 rings (SSSR count). The summed E-state index contributed by atoms with van der Waals surface area (Å²) in [4.78, 5) is 34.6. The molecule has 0 atom stereocenters. The van der Waals surface area contributed by atoms with E-state index in [9.17, 15) is 14.0 Å². The second-order valence-corrected chi connectivity index (χ2v) is 11.0. The molecule has 1 saturated carbocycles. The molecule has 7 nitrogen and oxygen atoms in total. The minimum Gasteiger partial charge on any atom is -0.378 e. The number of Topliss-reactive ketones (excluding diaryl/α,β-unsaturated/α-hetero) is 1. The van der Waals surface area contributed by atoms with E-state index in [1.807, 2.05) is 12.1 Å². The molecule has 0 spiro atoms. The summed E-state index contributed by atoms with van der Waals surface area (Å²) in [6, 6.07) is 9.94. The number of ether oxygens (including phenoxy) is 1. The lowest BCUT2D eigenvalue weighted by atomic mass is 9.83. The van der Waals surface area contributed by atoms with Gasteiger partial charge >= 0.3 is 0 Å². The molecule has 1 N–H and O–H groups in total. The number of piperidine rings is 1. The molecule has 2 saturated heterocycles. The lowest BCUT2D eigenvalue weighted by Crippen LogP contribution is -2.39. The standard InChI is InChI=1S/C30H39FN4O3/c31-25-5-3-23(4-6-25)29(36)24-12-15-34(16-13-24)14-11-22-1-7-26(8-2-22)33-30(37)28-10-9-27(21-32-28)35-17-19-38-20-18-35/h3-6,9-10,21-22,24,26H,1-2,7-8,11-20H2,(H,33,37). The van der Waals surface area contributed by atoms with Crippen LogP contribution in [0.5, 0.6) is 0 Å². The fourth-order valence-electron chi connectivity index (χ4n) is 6.02. The zero-order valence-corrected chi connectivity index (χ0v) is 22.1. The van der Waals surface area contributed by atoms with Crippen molar-refractivity contribution in [1.82, 2.24) is 15.2 Å². The van der Waals surface area contributed by atoms with Crippen molar-refractivity contribution < 1.29 is 18.7 Å². The molecule has 3 fully saturated rings. The molecule has 1 amide bonds. The molecule has 1 aromatic heterocycles. The van der Waals surface area contributed by atoms with Crippen LogP contribution in [-0.2, 0) is 4.74 Å². The first-order valence-corrected chi connectivity index (χ1v) is 14.2. The van der Waals surface area contributed by atoms with Crippen molar-refractivity contribution in [2.45, 2.75) is 51.0 Å². The van der Waals surface area contributed by atoms with Gasteiger partial charge in [-0.2, -0.15) is 0 Å². The van der Waals surface area contributed by atoms with Crippen molar-refractivity contribution in [2.75, 3.05) is 50.8 Å². The van der Waals surface area contributed by atoms with Crippen molar-refractivity contribution >= 4 is 17.4 Å². The maximum Gasteiger partial charge on any atom is 0.270 e. The fourth-order valence-corrected chi connectivity index (χ4v) is 6.02. The van der Waals surface area contributed by atoms with Crippen LogP contribution in [0.2, 0.25) is 0 Å². The molecule has 2 aromatic rings. The van der Waals surface area contributed by atoms with Gasteiger partial charge in [0.15, 0.2) is 5.78 Å². The molecule has 0 radical (unpaired) electrons. The Morgan fingerprint density at radius 2 is 1.63 bits per heavy atom. The molecule has 8 heteroatoms. The van der Waals surface area contributed by atoms with E-state index in [-0.39, 0.29) is 29.5 Å². The summed E-state index contributed by atoms with van der Waals surface area (Å²) in [5, 5.41) is 3.19. The topological polar surface area (TPSA) is 74.8 Å². The third kappa shape index (κ3) is 6.97. The average Bonchev–Trinajstić information content (AvgIpc) is 2.97. The number of carbonyl (C=O) groups excluding carboxylic acids is 2. The van der Waals surface area contributed by atoms with Gasteiger partial charge in [0, 0.05) is 30.6 Å². The van der Waals surface area contributed by atoms with Crippen LogP contribution in [0.15, 0.2) is 42.6 Å². The first kappa shape index (κ1) is 26.8. The van der Waals surface area contributed by atoms with Gasteiger partial charge in [0.05, 0.1) is 25.1 Å². The van der Waals surface area contributed by atoms with Gasteiger partial charge in [0.1, 0.15) is 11.5 Å². The molecule has 0 bridgehead atoms. The molecule has 204 valence electrons. The smallest absolute Gasteiger partial charge is 0.270 e. The Hall–Kier alpha value is -2.84. The van der Waals surface area contributed by atoms with Crippen molar-refractivity contribution in [2.24, 2.45) is 11.8 Å². The van der Waals surface area contributed by atoms with Gasteiger partial charge in [0.2, 0.25) is 0 Å². The van der Waals surface area contributed by atoms with Crippen LogP contribution in [0.25, 0.3) is 0 Å².